The number of rotatable bonds is 5. The summed E-state index contributed by atoms with van der Waals surface area (Å²) in [5.74, 6) is 1.54. The molecule has 1 fully saturated rings. The first-order valence-corrected chi connectivity index (χ1v) is 8.94. The summed E-state index contributed by atoms with van der Waals surface area (Å²) in [7, 11) is 0. The summed E-state index contributed by atoms with van der Waals surface area (Å²) >= 11 is 3.50. The average molecular weight is 298 g/mol. The molecular weight excluding hydrogens is 276 g/mol. The quantitative estimate of drug-likeness (QED) is 0.907. The van der Waals surface area contributed by atoms with E-state index >= 15 is 0 Å². The summed E-state index contributed by atoms with van der Waals surface area (Å²) in [5.41, 5.74) is 0. The van der Waals surface area contributed by atoms with Crippen LogP contribution in [0, 0.1) is 5.92 Å². The lowest BCUT2D eigenvalue weighted by Gasteiger charge is -2.29. The molecule has 106 valence electrons. The summed E-state index contributed by atoms with van der Waals surface area (Å²) in [6, 6.07) is 4.35. The maximum absolute atomic E-state index is 12.6. The molecule has 1 N–H and O–H groups in total. The van der Waals surface area contributed by atoms with Crippen LogP contribution in [0.15, 0.2) is 17.5 Å². The molecule has 1 saturated heterocycles. The van der Waals surface area contributed by atoms with Crippen molar-refractivity contribution in [2.75, 3.05) is 12.0 Å². The Morgan fingerprint density at radius 3 is 2.74 bits per heavy atom. The highest BCUT2D eigenvalue weighted by Crippen LogP contribution is 2.32. The molecule has 1 aromatic rings. The predicted octanol–water partition coefficient (Wildman–Crippen LogP) is 2.95. The molecule has 0 bridgehead atoms. The van der Waals surface area contributed by atoms with Crippen molar-refractivity contribution in [3.8, 4) is 0 Å². The van der Waals surface area contributed by atoms with Crippen LogP contribution in [0.25, 0.3) is 0 Å². The molecule has 2 heterocycles. The SMILES string of the molecule is CSCC(C)N1C(=O)C(C(C)C)NC1c1cccs1. The van der Waals surface area contributed by atoms with Gasteiger partial charge in [0.15, 0.2) is 0 Å². The number of thiophene rings is 1. The second-order valence-electron chi connectivity index (χ2n) is 5.36. The molecule has 2 rings (SSSR count). The molecule has 1 aromatic heterocycles. The van der Waals surface area contributed by atoms with Crippen molar-refractivity contribution < 1.29 is 4.79 Å². The Kier molecular flexibility index (Phi) is 4.92. The van der Waals surface area contributed by atoms with E-state index in [4.69, 9.17) is 0 Å². The van der Waals surface area contributed by atoms with Gasteiger partial charge in [-0.2, -0.15) is 11.8 Å². The molecule has 1 aliphatic rings. The molecule has 3 atom stereocenters. The lowest BCUT2D eigenvalue weighted by Crippen LogP contribution is -2.40. The largest absolute Gasteiger partial charge is 0.317 e. The molecular formula is C14H22N2OS2. The van der Waals surface area contributed by atoms with Crippen LogP contribution in [0.3, 0.4) is 0 Å². The molecule has 0 saturated carbocycles. The van der Waals surface area contributed by atoms with Gasteiger partial charge in [0.05, 0.1) is 6.04 Å². The zero-order chi connectivity index (χ0) is 14.0. The number of carbonyl (C=O) groups excluding carboxylic acids is 1. The van der Waals surface area contributed by atoms with Gasteiger partial charge in [-0.1, -0.05) is 19.9 Å². The van der Waals surface area contributed by atoms with Crippen molar-refractivity contribution in [3.05, 3.63) is 22.4 Å². The first-order valence-electron chi connectivity index (χ1n) is 6.66. The number of hydrogen-bond acceptors (Lipinski definition) is 4. The predicted molar refractivity (Wildman–Crippen MR) is 83.5 cm³/mol. The third-order valence-corrected chi connectivity index (χ3v) is 5.24. The zero-order valence-corrected chi connectivity index (χ0v) is 13.6. The van der Waals surface area contributed by atoms with E-state index in [2.05, 4.69) is 43.8 Å². The van der Waals surface area contributed by atoms with Gasteiger partial charge in [0.1, 0.15) is 6.17 Å². The molecule has 3 nitrogen and oxygen atoms in total. The number of amides is 1. The van der Waals surface area contributed by atoms with Crippen molar-refractivity contribution >= 4 is 29.0 Å². The summed E-state index contributed by atoms with van der Waals surface area (Å²) in [6.07, 6.45) is 2.13. The Bertz CT molecular complexity index is 419. The van der Waals surface area contributed by atoms with Crippen LogP contribution in [0.2, 0.25) is 0 Å². The Morgan fingerprint density at radius 2 is 2.21 bits per heavy atom. The van der Waals surface area contributed by atoms with Crippen molar-refractivity contribution in [2.24, 2.45) is 5.92 Å². The van der Waals surface area contributed by atoms with E-state index in [1.165, 1.54) is 4.88 Å². The van der Waals surface area contributed by atoms with Gasteiger partial charge in [-0.3, -0.25) is 10.1 Å². The topological polar surface area (TPSA) is 32.3 Å². The van der Waals surface area contributed by atoms with Crippen LogP contribution in [-0.2, 0) is 4.79 Å². The lowest BCUT2D eigenvalue weighted by atomic mass is 10.0. The zero-order valence-electron chi connectivity index (χ0n) is 11.9. The smallest absolute Gasteiger partial charge is 0.241 e. The molecule has 0 aromatic carbocycles. The van der Waals surface area contributed by atoms with E-state index < -0.39 is 0 Å². The van der Waals surface area contributed by atoms with Crippen LogP contribution >= 0.6 is 23.1 Å². The van der Waals surface area contributed by atoms with Gasteiger partial charge in [-0.05, 0) is 30.5 Å². The van der Waals surface area contributed by atoms with Crippen LogP contribution in [0.4, 0.5) is 0 Å². The fourth-order valence-corrected chi connectivity index (χ4v) is 3.97. The highest BCUT2D eigenvalue weighted by atomic mass is 32.2. The lowest BCUT2D eigenvalue weighted by molar-refractivity contribution is -0.132. The van der Waals surface area contributed by atoms with Gasteiger partial charge < -0.3 is 4.90 Å². The number of carbonyl (C=O) groups is 1. The normalized spacial score (nSPS) is 25.3. The van der Waals surface area contributed by atoms with Crippen molar-refractivity contribution in [1.82, 2.24) is 10.2 Å². The van der Waals surface area contributed by atoms with Crippen molar-refractivity contribution in [2.45, 2.75) is 39.0 Å². The third-order valence-electron chi connectivity index (χ3n) is 3.50. The van der Waals surface area contributed by atoms with Gasteiger partial charge in [-0.15, -0.1) is 11.3 Å². The van der Waals surface area contributed by atoms with E-state index in [1.54, 1.807) is 23.1 Å². The molecule has 0 radical (unpaired) electrons. The molecule has 1 amide bonds. The second kappa shape index (κ2) is 6.29. The standard InChI is InChI=1S/C14H22N2OS2/c1-9(2)12-14(17)16(10(3)8-18-4)13(15-12)11-6-5-7-19-11/h5-7,9-10,12-13,15H,8H2,1-4H3. The highest BCUT2D eigenvalue weighted by molar-refractivity contribution is 7.98. The van der Waals surface area contributed by atoms with Crippen molar-refractivity contribution in [1.29, 1.82) is 0 Å². The number of nitrogens with one attached hydrogen (secondary N) is 1. The monoisotopic (exact) mass is 298 g/mol. The highest BCUT2D eigenvalue weighted by Gasteiger charge is 2.43. The van der Waals surface area contributed by atoms with Crippen LogP contribution in [-0.4, -0.2) is 34.9 Å². The maximum atomic E-state index is 12.6. The average Bonchev–Trinajstić information content (AvgIpc) is 2.95. The Labute approximate surface area is 123 Å². The molecule has 3 unspecified atom stereocenters. The maximum Gasteiger partial charge on any atom is 0.241 e. The molecule has 0 aliphatic carbocycles. The summed E-state index contributed by atoms with van der Waals surface area (Å²) in [6.45, 7) is 6.34. The molecule has 1 aliphatic heterocycles. The van der Waals surface area contributed by atoms with Gasteiger partial charge in [0.2, 0.25) is 5.91 Å². The minimum absolute atomic E-state index is 0.0436. The van der Waals surface area contributed by atoms with Gasteiger partial charge in [0.25, 0.3) is 0 Å². The Hall–Kier alpha value is -0.520. The van der Waals surface area contributed by atoms with E-state index in [1.807, 2.05) is 11.0 Å². The Morgan fingerprint density at radius 1 is 1.47 bits per heavy atom. The van der Waals surface area contributed by atoms with Crippen LogP contribution < -0.4 is 5.32 Å². The van der Waals surface area contributed by atoms with Crippen molar-refractivity contribution in [3.63, 3.8) is 0 Å². The first-order chi connectivity index (χ1) is 9.06. The van der Waals surface area contributed by atoms with Gasteiger partial charge >= 0.3 is 0 Å². The minimum Gasteiger partial charge on any atom is -0.317 e. The summed E-state index contributed by atoms with van der Waals surface area (Å²) < 4.78 is 0. The number of hydrogen-bond donors (Lipinski definition) is 1. The molecule has 0 spiro atoms. The molecule has 5 heteroatoms. The van der Waals surface area contributed by atoms with Gasteiger partial charge in [0, 0.05) is 16.7 Å². The van der Waals surface area contributed by atoms with E-state index in [9.17, 15) is 4.79 Å². The number of nitrogens with zero attached hydrogens (tertiary/aromatic N) is 1. The molecule has 19 heavy (non-hydrogen) atoms. The second-order valence-corrected chi connectivity index (χ2v) is 7.25. The van der Waals surface area contributed by atoms with E-state index in [0.717, 1.165) is 5.75 Å². The first kappa shape index (κ1) is 14.9. The third kappa shape index (κ3) is 2.98. The Balaban J connectivity index is 2.26. The summed E-state index contributed by atoms with van der Waals surface area (Å²) in [4.78, 5) is 15.9. The van der Waals surface area contributed by atoms with Crippen LogP contribution in [0.5, 0.6) is 0 Å². The fraction of sp³-hybridized carbons (Fsp3) is 0.643. The van der Waals surface area contributed by atoms with E-state index in [-0.39, 0.29) is 24.2 Å². The summed E-state index contributed by atoms with van der Waals surface area (Å²) in [5, 5.41) is 5.58. The fourth-order valence-electron chi connectivity index (χ4n) is 2.55. The number of thioether (sulfide) groups is 1. The van der Waals surface area contributed by atoms with E-state index in [0.29, 0.717) is 5.92 Å². The van der Waals surface area contributed by atoms with Crippen LogP contribution in [0.1, 0.15) is 31.8 Å². The van der Waals surface area contributed by atoms with Gasteiger partial charge in [-0.25, -0.2) is 0 Å². The minimum atomic E-state index is -0.0589.